The van der Waals surface area contributed by atoms with Gasteiger partial charge in [0.25, 0.3) is 0 Å². The number of hydrogen-bond acceptors (Lipinski definition) is 7. The van der Waals surface area contributed by atoms with Gasteiger partial charge in [-0.1, -0.05) is 36.4 Å². The van der Waals surface area contributed by atoms with Crippen molar-refractivity contribution in [1.29, 1.82) is 0 Å². The maximum absolute atomic E-state index is 14.3. The molecule has 4 aromatic rings. The molecule has 0 spiro atoms. The lowest BCUT2D eigenvalue weighted by molar-refractivity contribution is 0.0543. The third-order valence-electron chi connectivity index (χ3n) is 8.09. The van der Waals surface area contributed by atoms with Crippen molar-refractivity contribution in [3.63, 3.8) is 0 Å². The Morgan fingerprint density at radius 3 is 2.31 bits per heavy atom. The van der Waals surface area contributed by atoms with E-state index in [9.17, 15) is 4.39 Å². The van der Waals surface area contributed by atoms with Crippen LogP contribution in [0.3, 0.4) is 0 Å². The quantitative estimate of drug-likeness (QED) is 0.352. The molecule has 8 heteroatoms. The molecular weight excluding hydrogens is 493 g/mol. The molecule has 1 N–H and O–H groups in total. The van der Waals surface area contributed by atoms with Crippen LogP contribution in [0.5, 0.6) is 5.75 Å². The zero-order valence-corrected chi connectivity index (χ0v) is 22.3. The average molecular weight is 528 g/mol. The highest BCUT2D eigenvalue weighted by Gasteiger charge is 2.35. The summed E-state index contributed by atoms with van der Waals surface area (Å²) in [6, 6.07) is 23.5. The van der Waals surface area contributed by atoms with Crippen LogP contribution in [-0.4, -0.2) is 63.0 Å². The van der Waals surface area contributed by atoms with Crippen LogP contribution in [0.15, 0.2) is 72.8 Å². The molecule has 0 radical (unpaired) electrons. The number of rotatable bonds is 7. The molecule has 0 bridgehead atoms. The number of hydrogen-bond donors (Lipinski definition) is 1. The molecule has 0 aliphatic carbocycles. The fraction of sp³-hybridized carbons (Fsp3) is 0.355. The topological polar surface area (TPSA) is 62.8 Å². The molecule has 0 atom stereocenters. The predicted octanol–water partition coefficient (Wildman–Crippen LogP) is 5.26. The summed E-state index contributed by atoms with van der Waals surface area (Å²) in [4.78, 5) is 14.2. The Balaban J connectivity index is 1.25. The molecule has 1 aromatic heterocycles. The number of aromatic nitrogens is 2. The molecule has 2 fully saturated rings. The van der Waals surface area contributed by atoms with Crippen molar-refractivity contribution in [3.8, 4) is 5.75 Å². The fourth-order valence-corrected chi connectivity index (χ4v) is 5.72. The number of fused-ring (bicyclic) bond motifs is 1. The second-order valence-corrected chi connectivity index (χ2v) is 10.3. The number of benzene rings is 3. The highest BCUT2D eigenvalue weighted by molar-refractivity contribution is 5.90. The molecule has 7 nitrogen and oxygen atoms in total. The van der Waals surface area contributed by atoms with E-state index in [1.54, 1.807) is 13.2 Å². The van der Waals surface area contributed by atoms with Gasteiger partial charge in [-0.05, 0) is 54.8 Å². The number of para-hydroxylation sites is 2. The molecule has 2 saturated heterocycles. The number of halogens is 1. The molecule has 0 amide bonds. The Kier molecular flexibility index (Phi) is 7.20. The third-order valence-corrected chi connectivity index (χ3v) is 8.09. The first-order chi connectivity index (χ1) is 19.1. The largest absolute Gasteiger partial charge is 0.497 e. The first-order valence-electron chi connectivity index (χ1n) is 13.6. The van der Waals surface area contributed by atoms with Gasteiger partial charge >= 0.3 is 0 Å². The molecule has 0 saturated carbocycles. The summed E-state index contributed by atoms with van der Waals surface area (Å²) < 4.78 is 25.5. The molecule has 3 aromatic carbocycles. The van der Waals surface area contributed by atoms with E-state index in [0.29, 0.717) is 24.7 Å². The lowest BCUT2D eigenvalue weighted by Gasteiger charge is -2.38. The Bertz CT molecular complexity index is 1420. The summed E-state index contributed by atoms with van der Waals surface area (Å²) in [7, 11) is 1.69. The van der Waals surface area contributed by atoms with E-state index in [-0.39, 0.29) is 11.2 Å². The van der Waals surface area contributed by atoms with E-state index < -0.39 is 0 Å². The summed E-state index contributed by atoms with van der Waals surface area (Å²) in [5.41, 5.74) is 2.77. The van der Waals surface area contributed by atoms with E-state index in [0.717, 1.165) is 68.2 Å². The average Bonchev–Trinajstić information content (AvgIpc) is 3.00. The third kappa shape index (κ3) is 5.21. The monoisotopic (exact) mass is 527 g/mol. The molecular formula is C31H34FN5O2. The van der Waals surface area contributed by atoms with Gasteiger partial charge in [0.1, 0.15) is 17.4 Å². The second-order valence-electron chi connectivity index (χ2n) is 10.3. The Morgan fingerprint density at radius 1 is 0.872 bits per heavy atom. The van der Waals surface area contributed by atoms with Crippen molar-refractivity contribution in [1.82, 2.24) is 9.97 Å². The van der Waals surface area contributed by atoms with Gasteiger partial charge in [0, 0.05) is 56.7 Å². The standard InChI is InChI=1S/C31H34FN5O2/c1-38-24-12-10-23(11-13-24)31(14-20-39-21-15-31)22-33-29-25-6-2-4-8-27(25)34-30(35-29)37-18-16-36(17-19-37)28-9-5-3-7-26(28)32/h2-13H,14-22H2,1H3,(H,33,34,35). The zero-order valence-electron chi connectivity index (χ0n) is 22.3. The van der Waals surface area contributed by atoms with E-state index in [1.807, 2.05) is 42.5 Å². The minimum absolute atomic E-state index is 0.0673. The molecule has 3 heterocycles. The van der Waals surface area contributed by atoms with Crippen LogP contribution in [-0.2, 0) is 10.2 Å². The number of nitrogens with zero attached hydrogens (tertiary/aromatic N) is 4. The highest BCUT2D eigenvalue weighted by atomic mass is 19.1. The van der Waals surface area contributed by atoms with Crippen molar-refractivity contribution in [2.45, 2.75) is 18.3 Å². The van der Waals surface area contributed by atoms with Crippen LogP contribution in [0, 0.1) is 5.82 Å². The summed E-state index contributed by atoms with van der Waals surface area (Å²) in [5, 5.41) is 4.73. The summed E-state index contributed by atoms with van der Waals surface area (Å²) in [6.07, 6.45) is 1.86. The smallest absolute Gasteiger partial charge is 0.228 e. The van der Waals surface area contributed by atoms with E-state index in [2.05, 4.69) is 33.3 Å². The van der Waals surface area contributed by atoms with Gasteiger partial charge in [0.05, 0.1) is 18.3 Å². The Hall–Kier alpha value is -3.91. The molecule has 202 valence electrons. The van der Waals surface area contributed by atoms with Gasteiger partial charge in [-0.15, -0.1) is 0 Å². The first-order valence-corrected chi connectivity index (χ1v) is 13.6. The lowest BCUT2D eigenvalue weighted by atomic mass is 9.74. The van der Waals surface area contributed by atoms with Crippen molar-refractivity contribution in [2.75, 3.05) is 68.2 Å². The highest BCUT2D eigenvalue weighted by Crippen LogP contribution is 2.37. The van der Waals surface area contributed by atoms with E-state index in [4.69, 9.17) is 19.4 Å². The summed E-state index contributed by atoms with van der Waals surface area (Å²) >= 11 is 0. The number of methoxy groups -OCH3 is 1. The maximum atomic E-state index is 14.3. The second kappa shape index (κ2) is 11.1. The van der Waals surface area contributed by atoms with Crippen LogP contribution < -0.4 is 19.9 Å². The summed E-state index contributed by atoms with van der Waals surface area (Å²) in [5.74, 6) is 2.22. The van der Waals surface area contributed by atoms with Crippen LogP contribution in [0.1, 0.15) is 18.4 Å². The fourth-order valence-electron chi connectivity index (χ4n) is 5.72. The Morgan fingerprint density at radius 2 is 1.56 bits per heavy atom. The number of nitrogens with one attached hydrogen (secondary N) is 1. The van der Waals surface area contributed by atoms with Crippen molar-refractivity contribution in [2.24, 2.45) is 0 Å². The van der Waals surface area contributed by atoms with Crippen molar-refractivity contribution >= 4 is 28.4 Å². The number of ether oxygens (including phenoxy) is 2. The van der Waals surface area contributed by atoms with Crippen LogP contribution in [0.25, 0.3) is 10.9 Å². The Labute approximate surface area is 228 Å². The van der Waals surface area contributed by atoms with Crippen molar-refractivity contribution < 1.29 is 13.9 Å². The predicted molar refractivity (Wildman–Crippen MR) is 154 cm³/mol. The van der Waals surface area contributed by atoms with Gasteiger partial charge in [-0.25, -0.2) is 9.37 Å². The van der Waals surface area contributed by atoms with Gasteiger partial charge in [0.15, 0.2) is 0 Å². The van der Waals surface area contributed by atoms with Crippen LogP contribution >= 0.6 is 0 Å². The maximum Gasteiger partial charge on any atom is 0.228 e. The minimum Gasteiger partial charge on any atom is -0.497 e. The minimum atomic E-state index is -0.182. The normalized spacial score (nSPS) is 17.3. The number of anilines is 3. The molecule has 6 rings (SSSR count). The van der Waals surface area contributed by atoms with Crippen molar-refractivity contribution in [3.05, 3.63) is 84.2 Å². The molecule has 2 aliphatic heterocycles. The lowest BCUT2D eigenvalue weighted by Crippen LogP contribution is -2.47. The van der Waals surface area contributed by atoms with Gasteiger partial charge in [0.2, 0.25) is 5.95 Å². The molecule has 0 unspecified atom stereocenters. The van der Waals surface area contributed by atoms with Gasteiger partial charge in [-0.3, -0.25) is 0 Å². The summed E-state index contributed by atoms with van der Waals surface area (Å²) in [6.45, 7) is 5.06. The van der Waals surface area contributed by atoms with Crippen LogP contribution in [0.4, 0.5) is 21.8 Å². The molecule has 2 aliphatic rings. The van der Waals surface area contributed by atoms with Crippen LogP contribution in [0.2, 0.25) is 0 Å². The van der Waals surface area contributed by atoms with E-state index >= 15 is 0 Å². The van der Waals surface area contributed by atoms with E-state index in [1.165, 1.54) is 11.6 Å². The molecule has 39 heavy (non-hydrogen) atoms. The first kappa shape index (κ1) is 25.4. The zero-order chi connectivity index (χ0) is 26.7. The van der Waals surface area contributed by atoms with Gasteiger partial charge in [-0.2, -0.15) is 4.98 Å². The SMILES string of the molecule is COc1ccc(C2(CNc3nc(N4CCN(c5ccccc5F)CC4)nc4ccccc34)CCOCC2)cc1. The van der Waals surface area contributed by atoms with Gasteiger partial charge < -0.3 is 24.6 Å². The number of piperazine rings is 1.